The summed E-state index contributed by atoms with van der Waals surface area (Å²) in [5.41, 5.74) is 10.8. The molecule has 0 amide bonds. The summed E-state index contributed by atoms with van der Waals surface area (Å²) in [6, 6.07) is 14.9. The van der Waals surface area contributed by atoms with Crippen molar-refractivity contribution in [1.82, 2.24) is 0 Å². The summed E-state index contributed by atoms with van der Waals surface area (Å²) in [5.74, 6) is 0. The third-order valence-corrected chi connectivity index (χ3v) is 4.39. The Morgan fingerprint density at radius 3 is 2.20 bits per heavy atom. The number of benzene rings is 2. The van der Waals surface area contributed by atoms with E-state index >= 15 is 0 Å². The molecule has 1 aliphatic heterocycles. The minimum absolute atomic E-state index is 0.491. The van der Waals surface area contributed by atoms with Crippen LogP contribution in [0.25, 0.3) is 0 Å². The van der Waals surface area contributed by atoms with Crippen molar-refractivity contribution < 1.29 is 0 Å². The van der Waals surface area contributed by atoms with Crippen LogP contribution in [0.15, 0.2) is 42.5 Å². The number of nitrogens with two attached hydrogens (primary N) is 1. The standard InChI is InChI=1S/C17H19ClN2/c18-17-11-16(6-5-15(17)12-19)20-9-7-13-3-1-2-4-14(13)8-10-20/h1-6,11H,7-10,12,19H2. The maximum absolute atomic E-state index is 6.27. The first-order valence-corrected chi connectivity index (χ1v) is 7.46. The van der Waals surface area contributed by atoms with Gasteiger partial charge in [-0.05, 0) is 41.7 Å². The lowest BCUT2D eigenvalue weighted by atomic mass is 10.0. The monoisotopic (exact) mass is 286 g/mol. The summed E-state index contributed by atoms with van der Waals surface area (Å²) < 4.78 is 0. The fourth-order valence-electron chi connectivity index (χ4n) is 2.82. The number of nitrogens with zero attached hydrogens (tertiary/aromatic N) is 1. The van der Waals surface area contributed by atoms with E-state index in [-0.39, 0.29) is 0 Å². The highest BCUT2D eigenvalue weighted by Crippen LogP contribution is 2.26. The molecule has 3 heteroatoms. The zero-order valence-corrected chi connectivity index (χ0v) is 12.2. The Morgan fingerprint density at radius 1 is 1.00 bits per heavy atom. The number of hydrogen-bond donors (Lipinski definition) is 1. The molecule has 0 unspecified atom stereocenters. The van der Waals surface area contributed by atoms with Crippen LogP contribution in [-0.4, -0.2) is 13.1 Å². The number of anilines is 1. The molecule has 104 valence electrons. The molecule has 1 heterocycles. The Bertz CT molecular complexity index is 583. The molecule has 0 aromatic heterocycles. The van der Waals surface area contributed by atoms with Crippen molar-refractivity contribution in [2.75, 3.05) is 18.0 Å². The van der Waals surface area contributed by atoms with E-state index in [1.165, 1.54) is 16.8 Å². The molecule has 3 rings (SSSR count). The van der Waals surface area contributed by atoms with Gasteiger partial charge in [-0.15, -0.1) is 0 Å². The Labute approximate surface area is 125 Å². The van der Waals surface area contributed by atoms with Crippen molar-refractivity contribution in [2.24, 2.45) is 5.73 Å². The minimum atomic E-state index is 0.491. The summed E-state index contributed by atoms with van der Waals surface area (Å²) in [5, 5.41) is 0.770. The molecule has 0 atom stereocenters. The van der Waals surface area contributed by atoms with E-state index in [0.717, 1.165) is 36.5 Å². The number of rotatable bonds is 2. The maximum Gasteiger partial charge on any atom is 0.0471 e. The highest BCUT2D eigenvalue weighted by Gasteiger charge is 2.14. The second-order valence-electron chi connectivity index (χ2n) is 5.24. The summed E-state index contributed by atoms with van der Waals surface area (Å²) in [7, 11) is 0. The fraction of sp³-hybridized carbons (Fsp3) is 0.294. The van der Waals surface area contributed by atoms with Gasteiger partial charge in [-0.3, -0.25) is 0 Å². The second-order valence-corrected chi connectivity index (χ2v) is 5.64. The molecule has 0 fully saturated rings. The third kappa shape index (κ3) is 2.67. The molecule has 2 nitrogen and oxygen atoms in total. The zero-order valence-electron chi connectivity index (χ0n) is 11.5. The second kappa shape index (κ2) is 5.86. The molecule has 2 aromatic rings. The van der Waals surface area contributed by atoms with Gasteiger partial charge in [0.15, 0.2) is 0 Å². The highest BCUT2D eigenvalue weighted by atomic mass is 35.5. The third-order valence-electron chi connectivity index (χ3n) is 4.04. The van der Waals surface area contributed by atoms with E-state index in [1.54, 1.807) is 0 Å². The summed E-state index contributed by atoms with van der Waals surface area (Å²) in [6.45, 7) is 2.56. The molecule has 0 aliphatic carbocycles. The Hall–Kier alpha value is -1.51. The molecule has 0 saturated heterocycles. The minimum Gasteiger partial charge on any atom is -0.371 e. The summed E-state index contributed by atoms with van der Waals surface area (Å²) in [4.78, 5) is 2.41. The largest absolute Gasteiger partial charge is 0.371 e. The number of hydrogen-bond acceptors (Lipinski definition) is 2. The Balaban J connectivity index is 1.81. The van der Waals surface area contributed by atoms with E-state index in [9.17, 15) is 0 Å². The van der Waals surface area contributed by atoms with E-state index < -0.39 is 0 Å². The molecular formula is C17H19ClN2. The van der Waals surface area contributed by atoms with Gasteiger partial charge in [-0.1, -0.05) is 41.9 Å². The Morgan fingerprint density at radius 2 is 1.65 bits per heavy atom. The molecule has 0 bridgehead atoms. The molecule has 2 N–H and O–H groups in total. The smallest absolute Gasteiger partial charge is 0.0471 e. The van der Waals surface area contributed by atoms with Gasteiger partial charge in [0.1, 0.15) is 0 Å². The molecular weight excluding hydrogens is 268 g/mol. The van der Waals surface area contributed by atoms with Crippen LogP contribution < -0.4 is 10.6 Å². The van der Waals surface area contributed by atoms with Crippen LogP contribution in [0.2, 0.25) is 5.02 Å². The number of fused-ring (bicyclic) bond motifs is 1. The van der Waals surface area contributed by atoms with Crippen LogP contribution in [-0.2, 0) is 19.4 Å². The van der Waals surface area contributed by atoms with Crippen molar-refractivity contribution in [2.45, 2.75) is 19.4 Å². The van der Waals surface area contributed by atoms with Crippen LogP contribution >= 0.6 is 11.6 Å². The lowest BCUT2D eigenvalue weighted by molar-refractivity contribution is 0.805. The summed E-state index contributed by atoms with van der Waals surface area (Å²) in [6.07, 6.45) is 2.18. The average Bonchev–Trinajstić information content (AvgIpc) is 2.70. The van der Waals surface area contributed by atoms with Gasteiger partial charge in [0.2, 0.25) is 0 Å². The maximum atomic E-state index is 6.27. The van der Waals surface area contributed by atoms with E-state index in [1.807, 2.05) is 12.1 Å². The van der Waals surface area contributed by atoms with Crippen molar-refractivity contribution in [3.63, 3.8) is 0 Å². The van der Waals surface area contributed by atoms with Gasteiger partial charge >= 0.3 is 0 Å². The van der Waals surface area contributed by atoms with Gasteiger partial charge in [-0.2, -0.15) is 0 Å². The normalized spacial score (nSPS) is 14.8. The van der Waals surface area contributed by atoms with E-state index in [2.05, 4.69) is 35.2 Å². The Kier molecular flexibility index (Phi) is 3.95. The predicted molar refractivity (Wildman–Crippen MR) is 85.4 cm³/mol. The van der Waals surface area contributed by atoms with Crippen LogP contribution in [0, 0.1) is 0 Å². The first kappa shape index (κ1) is 13.5. The van der Waals surface area contributed by atoms with Crippen molar-refractivity contribution in [3.8, 4) is 0 Å². The lowest BCUT2D eigenvalue weighted by Crippen LogP contribution is -2.26. The van der Waals surface area contributed by atoms with Crippen LogP contribution in [0.3, 0.4) is 0 Å². The molecule has 1 aliphatic rings. The van der Waals surface area contributed by atoms with Crippen molar-refractivity contribution >= 4 is 17.3 Å². The van der Waals surface area contributed by atoms with E-state index in [4.69, 9.17) is 17.3 Å². The molecule has 20 heavy (non-hydrogen) atoms. The van der Waals surface area contributed by atoms with Crippen LogP contribution in [0.4, 0.5) is 5.69 Å². The van der Waals surface area contributed by atoms with Gasteiger partial charge in [-0.25, -0.2) is 0 Å². The molecule has 2 aromatic carbocycles. The van der Waals surface area contributed by atoms with Gasteiger partial charge in [0.25, 0.3) is 0 Å². The topological polar surface area (TPSA) is 29.3 Å². The predicted octanol–water partition coefficient (Wildman–Crippen LogP) is 3.40. The fourth-order valence-corrected chi connectivity index (χ4v) is 3.08. The average molecular weight is 287 g/mol. The molecule has 0 radical (unpaired) electrons. The van der Waals surface area contributed by atoms with E-state index in [0.29, 0.717) is 6.54 Å². The first-order valence-electron chi connectivity index (χ1n) is 7.08. The van der Waals surface area contributed by atoms with Gasteiger partial charge in [0, 0.05) is 30.3 Å². The van der Waals surface area contributed by atoms with Crippen LogP contribution in [0.5, 0.6) is 0 Å². The highest BCUT2D eigenvalue weighted by molar-refractivity contribution is 6.31. The molecule has 0 saturated carbocycles. The van der Waals surface area contributed by atoms with Gasteiger partial charge < -0.3 is 10.6 Å². The SMILES string of the molecule is NCc1ccc(N2CCc3ccccc3CC2)cc1Cl. The van der Waals surface area contributed by atoms with Crippen LogP contribution in [0.1, 0.15) is 16.7 Å². The first-order chi connectivity index (χ1) is 9.78. The zero-order chi connectivity index (χ0) is 13.9. The van der Waals surface area contributed by atoms with Gasteiger partial charge in [0.05, 0.1) is 0 Å². The number of halogens is 1. The lowest BCUT2D eigenvalue weighted by Gasteiger charge is -2.23. The van der Waals surface area contributed by atoms with Crippen molar-refractivity contribution in [1.29, 1.82) is 0 Å². The molecule has 0 spiro atoms. The quantitative estimate of drug-likeness (QED) is 0.917. The van der Waals surface area contributed by atoms with Crippen molar-refractivity contribution in [3.05, 3.63) is 64.2 Å². The summed E-state index contributed by atoms with van der Waals surface area (Å²) >= 11 is 6.27.